The lowest BCUT2D eigenvalue weighted by atomic mass is 9.86. The number of nitrogens with zero attached hydrogens (tertiary/aromatic N) is 2. The van der Waals surface area contributed by atoms with Crippen molar-refractivity contribution in [2.75, 3.05) is 27.2 Å². The number of amides is 1. The van der Waals surface area contributed by atoms with Gasteiger partial charge in [0.2, 0.25) is 5.91 Å². The van der Waals surface area contributed by atoms with Crippen LogP contribution in [0.3, 0.4) is 0 Å². The van der Waals surface area contributed by atoms with Gasteiger partial charge < -0.3 is 20.0 Å². The molecule has 1 saturated carbocycles. The fourth-order valence-electron chi connectivity index (χ4n) is 3.24. The number of hydrogen-bond acceptors (Lipinski definition) is 4. The van der Waals surface area contributed by atoms with Gasteiger partial charge in [-0.15, -0.1) is 12.4 Å². The molecule has 6 heteroatoms. The maximum Gasteiger partial charge on any atom is 0.246 e. The van der Waals surface area contributed by atoms with E-state index in [1.54, 1.807) is 18.2 Å². The second-order valence-electron chi connectivity index (χ2n) is 7.33. The average molecular weight is 383 g/mol. The molecule has 0 spiro atoms. The molecule has 1 aliphatic rings. The summed E-state index contributed by atoms with van der Waals surface area (Å²) in [4.78, 5) is 16.8. The van der Waals surface area contributed by atoms with Gasteiger partial charge in [-0.3, -0.25) is 4.79 Å². The van der Waals surface area contributed by atoms with E-state index in [4.69, 9.17) is 0 Å². The van der Waals surface area contributed by atoms with Gasteiger partial charge in [0.25, 0.3) is 0 Å². The largest absolute Gasteiger partial charge is 0.504 e. The van der Waals surface area contributed by atoms with Crippen LogP contribution in [0.25, 0.3) is 6.08 Å². The van der Waals surface area contributed by atoms with E-state index in [1.165, 1.54) is 25.0 Å². The number of carbonyl (C=O) groups excluding carboxylic acids is 1. The number of carbonyl (C=O) groups is 1. The number of phenolic OH excluding ortho intramolecular Hbond substituents is 2. The third kappa shape index (κ3) is 6.54. The highest BCUT2D eigenvalue weighted by molar-refractivity contribution is 5.92. The SMILES string of the molecule is CC1CCC(N(CCN(C)C)C(=O)/C=C/c2ccc(O)c(O)c2)CC1.Cl. The predicted octanol–water partition coefficient (Wildman–Crippen LogP) is 3.50. The Morgan fingerprint density at radius 3 is 2.35 bits per heavy atom. The molecule has 0 saturated heterocycles. The van der Waals surface area contributed by atoms with Crippen molar-refractivity contribution in [2.24, 2.45) is 5.92 Å². The van der Waals surface area contributed by atoms with Crippen molar-refractivity contribution in [3.63, 3.8) is 0 Å². The Hall–Kier alpha value is -1.72. The maximum absolute atomic E-state index is 12.8. The Morgan fingerprint density at radius 2 is 1.77 bits per heavy atom. The minimum Gasteiger partial charge on any atom is -0.504 e. The van der Waals surface area contributed by atoms with Crippen LogP contribution >= 0.6 is 12.4 Å². The third-order valence-electron chi connectivity index (χ3n) is 4.92. The summed E-state index contributed by atoms with van der Waals surface area (Å²) < 4.78 is 0. The predicted molar refractivity (Wildman–Crippen MR) is 108 cm³/mol. The lowest BCUT2D eigenvalue weighted by molar-refractivity contribution is -0.129. The lowest BCUT2D eigenvalue weighted by Gasteiger charge is -2.36. The molecular weight excluding hydrogens is 352 g/mol. The van der Waals surface area contributed by atoms with E-state index in [1.807, 2.05) is 19.0 Å². The van der Waals surface area contributed by atoms with E-state index in [-0.39, 0.29) is 29.8 Å². The first-order valence-electron chi connectivity index (χ1n) is 9.02. The number of phenols is 2. The molecule has 0 heterocycles. The summed E-state index contributed by atoms with van der Waals surface area (Å²) in [6.07, 6.45) is 7.73. The number of halogens is 1. The smallest absolute Gasteiger partial charge is 0.246 e. The second-order valence-corrected chi connectivity index (χ2v) is 7.33. The Labute approximate surface area is 162 Å². The van der Waals surface area contributed by atoms with E-state index in [9.17, 15) is 15.0 Å². The van der Waals surface area contributed by atoms with Crippen LogP contribution in [-0.2, 0) is 4.79 Å². The van der Waals surface area contributed by atoms with Crippen molar-refractivity contribution >= 4 is 24.4 Å². The monoisotopic (exact) mass is 382 g/mol. The molecule has 0 atom stereocenters. The van der Waals surface area contributed by atoms with Crippen molar-refractivity contribution in [1.29, 1.82) is 0 Å². The number of hydrogen-bond donors (Lipinski definition) is 2. The number of benzene rings is 1. The molecular formula is C20H31ClN2O3. The summed E-state index contributed by atoms with van der Waals surface area (Å²) in [5.41, 5.74) is 0.688. The van der Waals surface area contributed by atoms with E-state index < -0.39 is 0 Å². The first kappa shape index (κ1) is 22.3. The van der Waals surface area contributed by atoms with Gasteiger partial charge in [0, 0.05) is 25.2 Å². The van der Waals surface area contributed by atoms with E-state index in [2.05, 4.69) is 11.8 Å². The summed E-state index contributed by atoms with van der Waals surface area (Å²) in [5.74, 6) is 0.416. The van der Waals surface area contributed by atoms with Gasteiger partial charge in [-0.05, 0) is 69.5 Å². The van der Waals surface area contributed by atoms with Crippen LogP contribution < -0.4 is 0 Å². The Balaban J connectivity index is 0.00000338. The third-order valence-corrected chi connectivity index (χ3v) is 4.92. The minimum absolute atomic E-state index is 0. The Morgan fingerprint density at radius 1 is 1.12 bits per heavy atom. The van der Waals surface area contributed by atoms with Crippen LogP contribution in [0.2, 0.25) is 0 Å². The molecule has 2 N–H and O–H groups in total. The quantitative estimate of drug-likeness (QED) is 0.583. The van der Waals surface area contributed by atoms with Crippen LogP contribution in [0, 0.1) is 5.92 Å². The molecule has 146 valence electrons. The molecule has 5 nitrogen and oxygen atoms in total. The lowest BCUT2D eigenvalue weighted by Crippen LogP contribution is -2.44. The molecule has 26 heavy (non-hydrogen) atoms. The van der Waals surface area contributed by atoms with Crippen molar-refractivity contribution in [3.05, 3.63) is 29.8 Å². The van der Waals surface area contributed by atoms with Gasteiger partial charge in [0.05, 0.1) is 0 Å². The zero-order valence-electron chi connectivity index (χ0n) is 15.9. The van der Waals surface area contributed by atoms with Crippen LogP contribution in [0.5, 0.6) is 11.5 Å². The van der Waals surface area contributed by atoms with Crippen molar-refractivity contribution in [1.82, 2.24) is 9.80 Å². The highest BCUT2D eigenvalue weighted by atomic mass is 35.5. The van der Waals surface area contributed by atoms with Crippen LogP contribution in [0.1, 0.15) is 38.2 Å². The van der Waals surface area contributed by atoms with E-state index in [0.29, 0.717) is 11.6 Å². The molecule has 0 radical (unpaired) electrons. The zero-order valence-corrected chi connectivity index (χ0v) is 16.7. The van der Waals surface area contributed by atoms with Gasteiger partial charge in [-0.25, -0.2) is 0 Å². The van der Waals surface area contributed by atoms with Gasteiger partial charge >= 0.3 is 0 Å². The van der Waals surface area contributed by atoms with Gasteiger partial charge in [0.15, 0.2) is 11.5 Å². The highest BCUT2D eigenvalue weighted by Gasteiger charge is 2.26. The van der Waals surface area contributed by atoms with Crippen molar-refractivity contribution in [3.8, 4) is 11.5 Å². The van der Waals surface area contributed by atoms with Gasteiger partial charge in [-0.2, -0.15) is 0 Å². The molecule has 0 aliphatic heterocycles. The molecule has 0 aromatic heterocycles. The molecule has 2 rings (SSSR count). The van der Waals surface area contributed by atoms with Crippen molar-refractivity contribution in [2.45, 2.75) is 38.6 Å². The summed E-state index contributed by atoms with van der Waals surface area (Å²) in [6.45, 7) is 3.83. The molecule has 0 unspecified atom stereocenters. The molecule has 0 bridgehead atoms. The second kappa shape index (κ2) is 10.4. The van der Waals surface area contributed by atoms with Crippen LogP contribution in [0.4, 0.5) is 0 Å². The number of aromatic hydroxyl groups is 2. The minimum atomic E-state index is -0.180. The van der Waals surface area contributed by atoms with Gasteiger partial charge in [-0.1, -0.05) is 13.0 Å². The summed E-state index contributed by atoms with van der Waals surface area (Å²) in [6, 6.07) is 4.85. The summed E-state index contributed by atoms with van der Waals surface area (Å²) in [7, 11) is 4.03. The summed E-state index contributed by atoms with van der Waals surface area (Å²) >= 11 is 0. The number of likely N-dealkylation sites (N-methyl/N-ethyl adjacent to an activating group) is 1. The van der Waals surface area contributed by atoms with Gasteiger partial charge in [0.1, 0.15) is 0 Å². The molecule has 1 aromatic rings. The van der Waals surface area contributed by atoms with E-state index in [0.717, 1.165) is 31.8 Å². The van der Waals surface area contributed by atoms with Crippen LogP contribution in [-0.4, -0.2) is 59.1 Å². The average Bonchev–Trinajstić information content (AvgIpc) is 2.57. The first-order valence-corrected chi connectivity index (χ1v) is 9.02. The fourth-order valence-corrected chi connectivity index (χ4v) is 3.24. The first-order chi connectivity index (χ1) is 11.9. The Bertz CT molecular complexity index is 611. The van der Waals surface area contributed by atoms with Crippen molar-refractivity contribution < 1.29 is 15.0 Å². The van der Waals surface area contributed by atoms with Crippen LogP contribution in [0.15, 0.2) is 24.3 Å². The topological polar surface area (TPSA) is 64.0 Å². The maximum atomic E-state index is 12.8. The Kier molecular flexibility index (Phi) is 8.96. The molecule has 1 aliphatic carbocycles. The van der Waals surface area contributed by atoms with E-state index >= 15 is 0 Å². The normalized spacial score (nSPS) is 20.2. The standard InChI is InChI=1S/C20H30N2O3.ClH/c1-15-4-8-17(9-5-15)22(13-12-21(2)3)20(25)11-7-16-6-10-18(23)19(24)14-16;/h6-7,10-11,14-15,17,23-24H,4-5,8-9,12-13H2,1-3H3;1H/b11-7+;. The summed E-state index contributed by atoms with van der Waals surface area (Å²) in [5, 5.41) is 18.9. The highest BCUT2D eigenvalue weighted by Crippen LogP contribution is 2.28. The molecule has 1 fully saturated rings. The molecule has 1 aromatic carbocycles. The number of rotatable bonds is 6. The molecule has 1 amide bonds. The zero-order chi connectivity index (χ0) is 18.4. The fraction of sp³-hybridized carbons (Fsp3) is 0.550.